The van der Waals surface area contributed by atoms with Crippen LogP contribution in [0.2, 0.25) is 0 Å². The number of nitro benzene ring substituents is 1. The first-order valence-electron chi connectivity index (χ1n) is 12.4. The Morgan fingerprint density at radius 2 is 1.74 bits per heavy atom. The van der Waals surface area contributed by atoms with Crippen LogP contribution in [0.1, 0.15) is 24.8 Å². The van der Waals surface area contributed by atoms with E-state index in [4.69, 9.17) is 9.47 Å². The smallest absolute Gasteiger partial charge is 0.410 e. The minimum Gasteiger partial charge on any atom is -0.445 e. The molecule has 0 aromatic heterocycles. The molecule has 2 N–H and O–H groups in total. The summed E-state index contributed by atoms with van der Waals surface area (Å²) >= 11 is 0. The maximum absolute atomic E-state index is 13.4. The number of β-amino-alcohol motifs (C(OH)–C–C–N with tert-alkyl or cyclic N) is 1. The Morgan fingerprint density at radius 1 is 1.03 bits per heavy atom. The molecule has 0 radical (unpaired) electrons. The standard InChI is InChI=1S/C26H28N4O9/c31-19-13-22(29(15-19)26(35)38-16-17-5-2-1-3-6-17)25(34)28-12-4-7-21(28)24(33)27-14-23(32)39-20-10-8-18(9-11-20)30(36)37/h1-3,5-6,8-11,19,21-22,31H,4,7,12-16H2,(H,27,33)/t19-,21+,22+/m1/s1. The van der Waals surface area contributed by atoms with Crippen molar-refractivity contribution in [3.8, 4) is 5.75 Å². The third-order valence-electron chi connectivity index (χ3n) is 6.53. The van der Waals surface area contributed by atoms with Crippen molar-refractivity contribution >= 4 is 29.6 Å². The lowest BCUT2D eigenvalue weighted by Crippen LogP contribution is -2.53. The van der Waals surface area contributed by atoms with Crippen LogP contribution in [0.5, 0.6) is 5.75 Å². The number of likely N-dealkylation sites (tertiary alicyclic amines) is 2. The molecule has 0 saturated carbocycles. The van der Waals surface area contributed by atoms with Gasteiger partial charge in [0.1, 0.15) is 31.0 Å². The molecule has 0 aliphatic carbocycles. The number of aliphatic hydroxyl groups is 1. The zero-order chi connectivity index (χ0) is 27.9. The summed E-state index contributed by atoms with van der Waals surface area (Å²) in [6, 6.07) is 12.1. The molecule has 2 aromatic rings. The predicted molar refractivity (Wildman–Crippen MR) is 134 cm³/mol. The zero-order valence-electron chi connectivity index (χ0n) is 20.9. The Labute approximate surface area is 223 Å². The first kappa shape index (κ1) is 27.5. The molecule has 2 heterocycles. The third kappa shape index (κ3) is 6.87. The number of nitro groups is 1. The lowest BCUT2D eigenvalue weighted by Gasteiger charge is -2.30. The first-order valence-corrected chi connectivity index (χ1v) is 12.4. The molecular weight excluding hydrogens is 512 g/mol. The van der Waals surface area contributed by atoms with Gasteiger partial charge in [0.15, 0.2) is 0 Å². The molecule has 0 unspecified atom stereocenters. The Bertz CT molecular complexity index is 1220. The second-order valence-corrected chi connectivity index (χ2v) is 9.23. The molecule has 2 aromatic carbocycles. The molecule has 2 fully saturated rings. The van der Waals surface area contributed by atoms with Crippen molar-refractivity contribution in [2.45, 2.75) is 44.1 Å². The number of hydrogen-bond donors (Lipinski definition) is 2. The van der Waals surface area contributed by atoms with Gasteiger partial charge in [0, 0.05) is 25.1 Å². The van der Waals surface area contributed by atoms with E-state index in [0.29, 0.717) is 12.8 Å². The summed E-state index contributed by atoms with van der Waals surface area (Å²) in [5.74, 6) is -1.75. The van der Waals surface area contributed by atoms with Crippen molar-refractivity contribution in [2.75, 3.05) is 19.6 Å². The van der Waals surface area contributed by atoms with Crippen molar-refractivity contribution in [1.82, 2.24) is 15.1 Å². The summed E-state index contributed by atoms with van der Waals surface area (Å²) in [6.07, 6.45) is -0.714. The van der Waals surface area contributed by atoms with E-state index >= 15 is 0 Å². The highest BCUT2D eigenvalue weighted by atomic mass is 16.6. The highest BCUT2D eigenvalue weighted by Gasteiger charge is 2.45. The Balaban J connectivity index is 1.31. The number of carbonyl (C=O) groups is 4. The summed E-state index contributed by atoms with van der Waals surface area (Å²) in [7, 11) is 0. The van der Waals surface area contributed by atoms with Gasteiger partial charge in [-0.3, -0.25) is 24.6 Å². The van der Waals surface area contributed by atoms with Gasteiger partial charge in [0.2, 0.25) is 11.8 Å². The lowest BCUT2D eigenvalue weighted by molar-refractivity contribution is -0.384. The van der Waals surface area contributed by atoms with Crippen molar-refractivity contribution in [2.24, 2.45) is 0 Å². The largest absolute Gasteiger partial charge is 0.445 e. The summed E-state index contributed by atoms with van der Waals surface area (Å²) < 4.78 is 10.4. The van der Waals surface area contributed by atoms with Gasteiger partial charge in [-0.2, -0.15) is 0 Å². The molecule has 206 valence electrons. The van der Waals surface area contributed by atoms with Gasteiger partial charge >= 0.3 is 12.1 Å². The average molecular weight is 541 g/mol. The van der Waals surface area contributed by atoms with Crippen LogP contribution in [0.15, 0.2) is 54.6 Å². The van der Waals surface area contributed by atoms with E-state index in [2.05, 4.69) is 5.32 Å². The van der Waals surface area contributed by atoms with Gasteiger partial charge in [0.25, 0.3) is 5.69 Å². The molecule has 13 nitrogen and oxygen atoms in total. The molecule has 0 spiro atoms. The van der Waals surface area contributed by atoms with E-state index in [1.54, 1.807) is 12.1 Å². The number of carbonyl (C=O) groups excluding carboxylic acids is 4. The number of nitrogens with one attached hydrogen (secondary N) is 1. The fourth-order valence-corrected chi connectivity index (χ4v) is 4.63. The number of aliphatic hydroxyl groups excluding tert-OH is 1. The molecule has 13 heteroatoms. The van der Waals surface area contributed by atoms with Crippen LogP contribution in [-0.2, 0) is 25.7 Å². The summed E-state index contributed by atoms with van der Waals surface area (Å²) in [5.41, 5.74) is 0.615. The number of hydrogen-bond acceptors (Lipinski definition) is 9. The third-order valence-corrected chi connectivity index (χ3v) is 6.53. The fourth-order valence-electron chi connectivity index (χ4n) is 4.63. The van der Waals surface area contributed by atoms with Crippen LogP contribution in [0.4, 0.5) is 10.5 Å². The maximum Gasteiger partial charge on any atom is 0.410 e. The molecule has 2 saturated heterocycles. The Morgan fingerprint density at radius 3 is 2.44 bits per heavy atom. The quantitative estimate of drug-likeness (QED) is 0.217. The highest BCUT2D eigenvalue weighted by Crippen LogP contribution is 2.26. The van der Waals surface area contributed by atoms with Gasteiger partial charge in [-0.25, -0.2) is 9.59 Å². The van der Waals surface area contributed by atoms with E-state index in [-0.39, 0.29) is 37.6 Å². The number of esters is 1. The van der Waals surface area contributed by atoms with Crippen molar-refractivity contribution < 1.29 is 38.7 Å². The summed E-state index contributed by atoms with van der Waals surface area (Å²) in [6.45, 7) is -0.251. The van der Waals surface area contributed by atoms with E-state index < -0.39 is 53.5 Å². The van der Waals surface area contributed by atoms with E-state index in [1.807, 2.05) is 18.2 Å². The normalized spacial score (nSPS) is 20.4. The Kier molecular flexibility index (Phi) is 8.71. The SMILES string of the molecule is O=C(CNC(=O)[C@@H]1CCCN1C(=O)[C@@H]1C[C@@H](O)CN1C(=O)OCc1ccccc1)Oc1ccc([N+](=O)[O-])cc1. The van der Waals surface area contributed by atoms with Crippen LogP contribution in [0, 0.1) is 10.1 Å². The molecule has 2 aliphatic heterocycles. The summed E-state index contributed by atoms with van der Waals surface area (Å²) in [5, 5.41) is 23.4. The van der Waals surface area contributed by atoms with Crippen molar-refractivity contribution in [3.63, 3.8) is 0 Å². The average Bonchev–Trinajstić information content (AvgIpc) is 3.58. The number of amides is 3. The lowest BCUT2D eigenvalue weighted by atomic mass is 10.1. The van der Waals surface area contributed by atoms with Gasteiger partial charge < -0.3 is 24.8 Å². The topological polar surface area (TPSA) is 169 Å². The molecule has 0 bridgehead atoms. The summed E-state index contributed by atoms with van der Waals surface area (Å²) in [4.78, 5) is 63.8. The maximum atomic E-state index is 13.4. The fraction of sp³-hybridized carbons (Fsp3) is 0.385. The molecule has 3 amide bonds. The molecule has 2 aliphatic rings. The van der Waals surface area contributed by atoms with Crippen LogP contribution >= 0.6 is 0 Å². The molecule has 39 heavy (non-hydrogen) atoms. The number of rotatable bonds is 8. The second kappa shape index (κ2) is 12.3. The first-order chi connectivity index (χ1) is 18.7. The van der Waals surface area contributed by atoms with E-state index in [1.165, 1.54) is 34.1 Å². The Hall–Kier alpha value is -4.52. The predicted octanol–water partition coefficient (Wildman–Crippen LogP) is 1.38. The van der Waals surface area contributed by atoms with Crippen LogP contribution < -0.4 is 10.1 Å². The molecular formula is C26H28N4O9. The van der Waals surface area contributed by atoms with Gasteiger partial charge in [-0.05, 0) is 30.5 Å². The molecule has 4 rings (SSSR count). The van der Waals surface area contributed by atoms with E-state index in [0.717, 1.165) is 5.56 Å². The van der Waals surface area contributed by atoms with Crippen LogP contribution in [-0.4, -0.2) is 81.5 Å². The highest BCUT2D eigenvalue weighted by molar-refractivity contribution is 5.93. The zero-order valence-corrected chi connectivity index (χ0v) is 20.9. The number of benzene rings is 2. The van der Waals surface area contributed by atoms with Crippen LogP contribution in [0.25, 0.3) is 0 Å². The van der Waals surface area contributed by atoms with Gasteiger partial charge in [0.05, 0.1) is 17.6 Å². The second-order valence-electron chi connectivity index (χ2n) is 9.23. The minimum absolute atomic E-state index is 0.0118. The number of nitrogens with zero attached hydrogens (tertiary/aromatic N) is 3. The minimum atomic E-state index is -0.983. The number of ether oxygens (including phenoxy) is 2. The van der Waals surface area contributed by atoms with Gasteiger partial charge in [-0.1, -0.05) is 30.3 Å². The molecule has 3 atom stereocenters. The van der Waals surface area contributed by atoms with Gasteiger partial charge in [-0.15, -0.1) is 0 Å². The van der Waals surface area contributed by atoms with Crippen LogP contribution in [0.3, 0.4) is 0 Å². The monoisotopic (exact) mass is 540 g/mol. The number of non-ortho nitro benzene ring substituents is 1. The van der Waals surface area contributed by atoms with E-state index in [9.17, 15) is 34.4 Å². The van der Waals surface area contributed by atoms with Crippen molar-refractivity contribution in [1.29, 1.82) is 0 Å². The van der Waals surface area contributed by atoms with Crippen molar-refractivity contribution in [3.05, 3.63) is 70.3 Å².